The third kappa shape index (κ3) is 5.31. The number of nitrogens with zero attached hydrogens (tertiary/aromatic N) is 2. The lowest BCUT2D eigenvalue weighted by Crippen LogP contribution is -2.48. The number of hydrogen-bond acceptors (Lipinski definition) is 2. The van der Waals surface area contributed by atoms with Gasteiger partial charge in [-0.15, -0.1) is 24.0 Å². The summed E-state index contributed by atoms with van der Waals surface area (Å²) in [6, 6.07) is 7.06. The zero-order chi connectivity index (χ0) is 17.8. The predicted octanol–water partition coefficient (Wildman–Crippen LogP) is 2.76. The van der Waals surface area contributed by atoms with Crippen LogP contribution in [0.3, 0.4) is 0 Å². The first-order valence-electron chi connectivity index (χ1n) is 9.01. The maximum Gasteiger partial charge on any atom is 0.241 e. The van der Waals surface area contributed by atoms with Gasteiger partial charge in [0.05, 0.1) is 13.1 Å². The van der Waals surface area contributed by atoms with E-state index < -0.39 is 0 Å². The van der Waals surface area contributed by atoms with Gasteiger partial charge < -0.3 is 15.5 Å². The van der Waals surface area contributed by atoms with Crippen molar-refractivity contribution in [3.05, 3.63) is 35.6 Å². The van der Waals surface area contributed by atoms with Crippen LogP contribution in [-0.4, -0.2) is 43.4 Å². The van der Waals surface area contributed by atoms with Crippen molar-refractivity contribution in [3.63, 3.8) is 0 Å². The summed E-state index contributed by atoms with van der Waals surface area (Å²) in [7, 11) is 3.45. The fraction of sp³-hybridized carbons (Fsp3) is 0.579. The van der Waals surface area contributed by atoms with Gasteiger partial charge in [-0.05, 0) is 37.2 Å². The molecule has 5 nitrogen and oxygen atoms in total. The van der Waals surface area contributed by atoms with Crippen LogP contribution >= 0.6 is 24.0 Å². The lowest BCUT2D eigenvalue weighted by molar-refractivity contribution is -0.127. The molecule has 2 bridgehead atoms. The Morgan fingerprint density at radius 1 is 1.27 bits per heavy atom. The Bertz CT molecular complexity index is 652. The molecule has 2 saturated carbocycles. The molecule has 2 N–H and O–H groups in total. The van der Waals surface area contributed by atoms with E-state index in [-0.39, 0.29) is 48.8 Å². The van der Waals surface area contributed by atoms with Crippen LogP contribution in [0.4, 0.5) is 4.39 Å². The molecule has 0 aliphatic heterocycles. The van der Waals surface area contributed by atoms with Crippen molar-refractivity contribution in [2.24, 2.45) is 16.8 Å². The molecule has 0 spiro atoms. The van der Waals surface area contributed by atoms with Crippen molar-refractivity contribution in [1.82, 2.24) is 15.5 Å². The molecule has 26 heavy (non-hydrogen) atoms. The van der Waals surface area contributed by atoms with Crippen LogP contribution in [0.25, 0.3) is 0 Å². The van der Waals surface area contributed by atoms with E-state index in [1.807, 2.05) is 0 Å². The van der Waals surface area contributed by atoms with Crippen molar-refractivity contribution in [1.29, 1.82) is 0 Å². The van der Waals surface area contributed by atoms with Crippen molar-refractivity contribution >= 4 is 35.8 Å². The number of hydrogen-bond donors (Lipinski definition) is 2. The normalized spacial score (nSPS) is 24.1. The third-order valence-corrected chi connectivity index (χ3v) is 5.33. The van der Waals surface area contributed by atoms with Crippen LogP contribution in [0.15, 0.2) is 29.3 Å². The molecular weight excluding hydrogens is 446 g/mol. The van der Waals surface area contributed by atoms with Gasteiger partial charge in [-0.25, -0.2) is 9.38 Å². The first-order valence-corrected chi connectivity index (χ1v) is 9.01. The van der Waals surface area contributed by atoms with E-state index in [9.17, 15) is 9.18 Å². The second-order valence-electron chi connectivity index (χ2n) is 7.32. The molecule has 2 fully saturated rings. The number of amides is 1. The smallest absolute Gasteiger partial charge is 0.241 e. The Balaban J connectivity index is 0.00000243. The number of aliphatic imine (C=N–C) groups is 1. The fourth-order valence-electron chi connectivity index (χ4n) is 3.86. The number of guanidine groups is 1. The van der Waals surface area contributed by atoms with Gasteiger partial charge in [0, 0.05) is 25.7 Å². The molecule has 0 heterocycles. The highest BCUT2D eigenvalue weighted by atomic mass is 127. The summed E-state index contributed by atoms with van der Waals surface area (Å²) in [6.45, 7) is 0.426. The lowest BCUT2D eigenvalue weighted by atomic mass is 9.95. The zero-order valence-electron chi connectivity index (χ0n) is 15.4. The summed E-state index contributed by atoms with van der Waals surface area (Å²) < 4.78 is 13.8. The van der Waals surface area contributed by atoms with Gasteiger partial charge >= 0.3 is 0 Å². The number of rotatable bonds is 5. The number of carbonyl (C=O) groups excluding carboxylic acids is 1. The zero-order valence-corrected chi connectivity index (χ0v) is 17.7. The first kappa shape index (κ1) is 20.9. The molecule has 3 unspecified atom stereocenters. The number of benzene rings is 1. The molecular formula is C19H28FIN4O. The molecule has 3 atom stereocenters. The minimum absolute atomic E-state index is 0. The number of likely N-dealkylation sites (N-methyl/N-ethyl adjacent to an activating group) is 1. The van der Waals surface area contributed by atoms with Crippen LogP contribution < -0.4 is 10.6 Å². The van der Waals surface area contributed by atoms with Crippen molar-refractivity contribution < 1.29 is 9.18 Å². The summed E-state index contributed by atoms with van der Waals surface area (Å²) in [4.78, 5) is 17.9. The first-order chi connectivity index (χ1) is 12.0. The van der Waals surface area contributed by atoms with E-state index in [0.29, 0.717) is 23.5 Å². The monoisotopic (exact) mass is 474 g/mol. The molecule has 7 heteroatoms. The van der Waals surface area contributed by atoms with Crippen LogP contribution in [-0.2, 0) is 11.3 Å². The van der Waals surface area contributed by atoms with Gasteiger partial charge in [-0.1, -0.05) is 24.6 Å². The fourth-order valence-corrected chi connectivity index (χ4v) is 3.86. The van der Waals surface area contributed by atoms with Crippen LogP contribution in [0.1, 0.15) is 31.2 Å². The van der Waals surface area contributed by atoms with Gasteiger partial charge in [0.2, 0.25) is 5.91 Å². The largest absolute Gasteiger partial charge is 0.353 e. The van der Waals surface area contributed by atoms with E-state index >= 15 is 0 Å². The number of nitrogens with one attached hydrogen (secondary N) is 2. The molecule has 1 aromatic carbocycles. The Labute approximate surface area is 171 Å². The highest BCUT2D eigenvalue weighted by molar-refractivity contribution is 14.0. The third-order valence-electron chi connectivity index (χ3n) is 5.33. The average molecular weight is 474 g/mol. The Kier molecular flexibility index (Phi) is 7.67. The summed E-state index contributed by atoms with van der Waals surface area (Å²) in [6.07, 6.45) is 5.04. The van der Waals surface area contributed by atoms with Crippen molar-refractivity contribution in [3.8, 4) is 0 Å². The van der Waals surface area contributed by atoms with Crippen LogP contribution in [0, 0.1) is 17.7 Å². The minimum atomic E-state index is -0.255. The second kappa shape index (κ2) is 9.53. The van der Waals surface area contributed by atoms with Gasteiger partial charge in [0.1, 0.15) is 5.82 Å². The molecule has 2 aliphatic rings. The molecule has 0 radical (unpaired) electrons. The highest BCUT2D eigenvalue weighted by Gasteiger charge is 2.39. The van der Waals surface area contributed by atoms with Gasteiger partial charge in [-0.2, -0.15) is 0 Å². The summed E-state index contributed by atoms with van der Waals surface area (Å²) in [5.41, 5.74) is 0.551. The van der Waals surface area contributed by atoms with Gasteiger partial charge in [0.25, 0.3) is 0 Å². The van der Waals surface area contributed by atoms with E-state index in [2.05, 4.69) is 15.6 Å². The number of halogens is 2. The summed E-state index contributed by atoms with van der Waals surface area (Å²) in [5, 5.41) is 6.58. The Morgan fingerprint density at radius 2 is 2.04 bits per heavy atom. The molecule has 2 aliphatic carbocycles. The predicted molar refractivity (Wildman–Crippen MR) is 112 cm³/mol. The van der Waals surface area contributed by atoms with E-state index in [4.69, 9.17) is 0 Å². The van der Waals surface area contributed by atoms with Gasteiger partial charge in [0.15, 0.2) is 5.96 Å². The standard InChI is InChI=1S/C19H27FN4O.HI/c1-24(2)18(25)12-22-19(21-11-15-5-3-4-6-16(15)20)23-17-10-13-7-8-14(17)9-13;/h3-6,13-14,17H,7-12H2,1-2H3,(H2,21,22,23);1H. The van der Waals surface area contributed by atoms with E-state index in [0.717, 1.165) is 12.3 Å². The summed E-state index contributed by atoms with van der Waals surface area (Å²) >= 11 is 0. The minimum Gasteiger partial charge on any atom is -0.353 e. The quantitative estimate of drug-likeness (QED) is 0.392. The van der Waals surface area contributed by atoms with Crippen molar-refractivity contribution in [2.75, 3.05) is 20.6 Å². The summed E-state index contributed by atoms with van der Waals surface area (Å²) in [5.74, 6) is 1.83. The number of fused-ring (bicyclic) bond motifs is 2. The average Bonchev–Trinajstić information content (AvgIpc) is 3.21. The van der Waals surface area contributed by atoms with Crippen LogP contribution in [0.5, 0.6) is 0 Å². The second-order valence-corrected chi connectivity index (χ2v) is 7.32. The lowest BCUT2D eigenvalue weighted by Gasteiger charge is -2.25. The molecule has 144 valence electrons. The maximum atomic E-state index is 13.8. The molecule has 1 aromatic rings. The molecule has 0 saturated heterocycles. The van der Waals surface area contributed by atoms with Gasteiger partial charge in [-0.3, -0.25) is 4.79 Å². The number of carbonyl (C=O) groups is 1. The molecule has 3 rings (SSSR count). The Morgan fingerprint density at radius 3 is 2.65 bits per heavy atom. The Hall–Kier alpha value is -1.38. The van der Waals surface area contributed by atoms with Crippen LogP contribution in [0.2, 0.25) is 0 Å². The SMILES string of the molecule is CN(C)C(=O)CNC(=NCc1ccccc1F)NC1CC2CCC1C2.I. The highest BCUT2D eigenvalue weighted by Crippen LogP contribution is 2.44. The topological polar surface area (TPSA) is 56.7 Å². The maximum absolute atomic E-state index is 13.8. The molecule has 1 amide bonds. The van der Waals surface area contributed by atoms with E-state index in [1.165, 1.54) is 25.3 Å². The van der Waals surface area contributed by atoms with E-state index in [1.54, 1.807) is 37.2 Å². The molecule has 0 aromatic heterocycles. The van der Waals surface area contributed by atoms with Crippen molar-refractivity contribution in [2.45, 2.75) is 38.3 Å².